The number of nitrogens with one attached hydrogen (secondary N) is 1. The fourth-order valence-corrected chi connectivity index (χ4v) is 4.55. The van der Waals surface area contributed by atoms with Crippen molar-refractivity contribution in [2.45, 2.75) is 31.6 Å². The Morgan fingerprint density at radius 1 is 1.16 bits per heavy atom. The van der Waals surface area contributed by atoms with Crippen molar-refractivity contribution in [2.75, 3.05) is 46.1 Å². The number of benzene rings is 1. The zero-order valence-corrected chi connectivity index (χ0v) is 18.5. The molecule has 10 nitrogen and oxygen atoms in total. The molecule has 2 rings (SSSR count). The van der Waals surface area contributed by atoms with Gasteiger partial charge in [0.1, 0.15) is 0 Å². The first-order valence-electron chi connectivity index (χ1n) is 10.0. The van der Waals surface area contributed by atoms with E-state index in [1.807, 2.05) is 0 Å². The molecule has 1 aliphatic heterocycles. The van der Waals surface area contributed by atoms with Gasteiger partial charge < -0.3 is 19.5 Å². The van der Waals surface area contributed by atoms with E-state index in [0.717, 1.165) is 0 Å². The third-order valence-electron chi connectivity index (χ3n) is 4.53. The molecule has 11 heteroatoms. The van der Waals surface area contributed by atoms with Gasteiger partial charge in [-0.25, -0.2) is 13.2 Å². The highest BCUT2D eigenvalue weighted by Gasteiger charge is 2.28. The van der Waals surface area contributed by atoms with Crippen molar-refractivity contribution >= 4 is 27.9 Å². The SMILES string of the molecule is CCOC(=O)CCCNC(=O)COC(=O)c1ccc(C)c(S(=O)(=O)N2CCOCC2)c1. The molecule has 1 N–H and O–H groups in total. The summed E-state index contributed by atoms with van der Waals surface area (Å²) in [6, 6.07) is 4.24. The zero-order chi connectivity index (χ0) is 22.9. The molecule has 31 heavy (non-hydrogen) atoms. The number of amides is 1. The van der Waals surface area contributed by atoms with Crippen LogP contribution < -0.4 is 5.32 Å². The number of sulfonamides is 1. The largest absolute Gasteiger partial charge is 0.466 e. The van der Waals surface area contributed by atoms with E-state index < -0.39 is 28.5 Å². The van der Waals surface area contributed by atoms with Crippen LogP contribution in [0.15, 0.2) is 23.1 Å². The molecule has 1 aromatic carbocycles. The van der Waals surface area contributed by atoms with Gasteiger partial charge in [0.25, 0.3) is 5.91 Å². The lowest BCUT2D eigenvalue weighted by atomic mass is 10.1. The van der Waals surface area contributed by atoms with Crippen LogP contribution in [0.1, 0.15) is 35.7 Å². The summed E-state index contributed by atoms with van der Waals surface area (Å²) < 4.78 is 42.1. The van der Waals surface area contributed by atoms with Crippen LogP contribution in [0.5, 0.6) is 0 Å². The van der Waals surface area contributed by atoms with Gasteiger partial charge >= 0.3 is 11.9 Å². The molecule has 0 unspecified atom stereocenters. The standard InChI is InChI=1S/C20H28N2O8S/c1-3-29-19(24)5-4-8-21-18(23)14-30-20(25)16-7-6-15(2)17(13-16)31(26,27)22-9-11-28-12-10-22/h6-7,13H,3-5,8-12,14H2,1-2H3,(H,21,23). The molecule has 0 bridgehead atoms. The van der Waals surface area contributed by atoms with Gasteiger partial charge in [-0.05, 0) is 38.0 Å². The minimum absolute atomic E-state index is 0.0206. The summed E-state index contributed by atoms with van der Waals surface area (Å²) in [5.41, 5.74) is 0.537. The van der Waals surface area contributed by atoms with Gasteiger partial charge in [0.05, 0.1) is 30.3 Å². The maximum atomic E-state index is 12.9. The molecule has 0 saturated carbocycles. The van der Waals surface area contributed by atoms with Crippen molar-refractivity contribution in [3.05, 3.63) is 29.3 Å². The Morgan fingerprint density at radius 3 is 2.55 bits per heavy atom. The molecule has 1 aromatic rings. The Hall–Kier alpha value is -2.50. The third kappa shape index (κ3) is 7.30. The lowest BCUT2D eigenvalue weighted by Crippen LogP contribution is -2.40. The summed E-state index contributed by atoms with van der Waals surface area (Å²) in [5, 5.41) is 2.54. The molecule has 0 atom stereocenters. The molecular formula is C20H28N2O8S. The second kappa shape index (κ2) is 11.8. The first-order valence-corrected chi connectivity index (χ1v) is 11.5. The lowest BCUT2D eigenvalue weighted by molar-refractivity contribution is -0.143. The van der Waals surface area contributed by atoms with Crippen molar-refractivity contribution in [1.82, 2.24) is 9.62 Å². The van der Waals surface area contributed by atoms with Crippen LogP contribution in [0.25, 0.3) is 0 Å². The smallest absolute Gasteiger partial charge is 0.338 e. The number of hydrogen-bond acceptors (Lipinski definition) is 8. The van der Waals surface area contributed by atoms with Crippen molar-refractivity contribution in [1.29, 1.82) is 0 Å². The highest BCUT2D eigenvalue weighted by molar-refractivity contribution is 7.89. The predicted molar refractivity (Wildman–Crippen MR) is 110 cm³/mol. The number of hydrogen-bond donors (Lipinski definition) is 1. The van der Waals surface area contributed by atoms with Gasteiger partial charge in [0.15, 0.2) is 6.61 Å². The number of aryl methyl sites for hydroxylation is 1. The number of carbonyl (C=O) groups is 3. The Bertz CT molecular complexity index is 894. The van der Waals surface area contributed by atoms with Crippen molar-refractivity contribution in [2.24, 2.45) is 0 Å². The molecule has 1 aliphatic rings. The first-order chi connectivity index (χ1) is 14.8. The summed E-state index contributed by atoms with van der Waals surface area (Å²) in [5.74, 6) is -1.67. The number of ether oxygens (including phenoxy) is 3. The average molecular weight is 457 g/mol. The van der Waals surface area contributed by atoms with Crippen LogP contribution in [0.2, 0.25) is 0 Å². The quantitative estimate of drug-likeness (QED) is 0.401. The number of morpholine rings is 1. The van der Waals surface area contributed by atoms with E-state index in [1.165, 1.54) is 22.5 Å². The van der Waals surface area contributed by atoms with Crippen LogP contribution in [0.4, 0.5) is 0 Å². The molecule has 1 amide bonds. The van der Waals surface area contributed by atoms with E-state index in [0.29, 0.717) is 31.8 Å². The van der Waals surface area contributed by atoms with Gasteiger partial charge in [-0.2, -0.15) is 4.31 Å². The fraction of sp³-hybridized carbons (Fsp3) is 0.550. The Balaban J connectivity index is 1.90. The highest BCUT2D eigenvalue weighted by Crippen LogP contribution is 2.22. The Labute approximate surface area is 181 Å². The zero-order valence-electron chi connectivity index (χ0n) is 17.7. The molecule has 0 aromatic heterocycles. The van der Waals surface area contributed by atoms with Crippen LogP contribution in [0.3, 0.4) is 0 Å². The van der Waals surface area contributed by atoms with Gasteiger partial charge in [0.2, 0.25) is 10.0 Å². The van der Waals surface area contributed by atoms with E-state index in [1.54, 1.807) is 13.8 Å². The summed E-state index contributed by atoms with van der Waals surface area (Å²) in [4.78, 5) is 35.4. The highest BCUT2D eigenvalue weighted by atomic mass is 32.2. The molecule has 0 radical (unpaired) electrons. The van der Waals surface area contributed by atoms with Gasteiger partial charge in [0, 0.05) is 26.1 Å². The Kier molecular flexibility index (Phi) is 9.41. The summed E-state index contributed by atoms with van der Waals surface area (Å²) >= 11 is 0. The van der Waals surface area contributed by atoms with Crippen LogP contribution in [-0.4, -0.2) is 76.6 Å². The maximum absolute atomic E-state index is 12.9. The number of carbonyl (C=O) groups excluding carboxylic acids is 3. The van der Waals surface area contributed by atoms with E-state index >= 15 is 0 Å². The number of rotatable bonds is 10. The first kappa shape index (κ1) is 24.8. The van der Waals surface area contributed by atoms with E-state index in [2.05, 4.69) is 5.32 Å². The molecule has 1 saturated heterocycles. The van der Waals surface area contributed by atoms with Crippen LogP contribution >= 0.6 is 0 Å². The summed E-state index contributed by atoms with van der Waals surface area (Å²) in [6.07, 6.45) is 0.580. The second-order valence-corrected chi connectivity index (χ2v) is 8.74. The minimum Gasteiger partial charge on any atom is -0.466 e. The normalized spacial score (nSPS) is 14.6. The predicted octanol–water partition coefficient (Wildman–Crippen LogP) is 0.632. The topological polar surface area (TPSA) is 128 Å². The van der Waals surface area contributed by atoms with Crippen molar-refractivity contribution in [3.8, 4) is 0 Å². The monoisotopic (exact) mass is 456 g/mol. The Morgan fingerprint density at radius 2 is 1.87 bits per heavy atom. The van der Waals surface area contributed by atoms with Crippen LogP contribution in [-0.2, 0) is 33.8 Å². The third-order valence-corrected chi connectivity index (χ3v) is 6.57. The molecule has 1 fully saturated rings. The molecular weight excluding hydrogens is 428 g/mol. The second-order valence-electron chi connectivity index (χ2n) is 6.83. The number of esters is 2. The molecule has 1 heterocycles. The molecule has 0 aliphatic carbocycles. The van der Waals surface area contributed by atoms with Crippen molar-refractivity contribution in [3.63, 3.8) is 0 Å². The van der Waals surface area contributed by atoms with E-state index in [4.69, 9.17) is 14.2 Å². The number of nitrogens with zero attached hydrogens (tertiary/aromatic N) is 1. The maximum Gasteiger partial charge on any atom is 0.338 e. The van der Waals surface area contributed by atoms with Gasteiger partial charge in [-0.15, -0.1) is 0 Å². The van der Waals surface area contributed by atoms with E-state index in [-0.39, 0.29) is 42.5 Å². The van der Waals surface area contributed by atoms with Crippen LogP contribution in [0, 0.1) is 6.92 Å². The van der Waals surface area contributed by atoms with Crippen molar-refractivity contribution < 1.29 is 37.0 Å². The lowest BCUT2D eigenvalue weighted by Gasteiger charge is -2.26. The minimum atomic E-state index is -3.78. The molecule has 0 spiro atoms. The van der Waals surface area contributed by atoms with Gasteiger partial charge in [-0.3, -0.25) is 9.59 Å². The summed E-state index contributed by atoms with van der Waals surface area (Å²) in [6.45, 7) is 4.49. The van der Waals surface area contributed by atoms with Gasteiger partial charge in [-0.1, -0.05) is 6.07 Å². The molecule has 172 valence electrons. The summed E-state index contributed by atoms with van der Waals surface area (Å²) in [7, 11) is -3.78. The average Bonchev–Trinajstić information content (AvgIpc) is 2.76. The fourth-order valence-electron chi connectivity index (χ4n) is 2.89. The van der Waals surface area contributed by atoms with E-state index in [9.17, 15) is 22.8 Å².